The molecule has 0 bridgehead atoms. The van der Waals surface area contributed by atoms with Crippen molar-refractivity contribution in [2.24, 2.45) is 29.6 Å². The second-order valence-corrected chi connectivity index (χ2v) is 9.81. The minimum atomic E-state index is -2.98. The lowest BCUT2D eigenvalue weighted by atomic mass is 9.61. The average Bonchev–Trinajstić information content (AvgIpc) is 2.73. The monoisotopic (exact) mass is 408 g/mol. The molecule has 0 radical (unpaired) electrons. The van der Waals surface area contributed by atoms with E-state index in [1.54, 1.807) is 0 Å². The molecule has 4 heteroatoms. The molecule has 1 nitrogen and oxygen atoms in total. The van der Waals surface area contributed by atoms with Gasteiger partial charge in [0.1, 0.15) is 0 Å². The number of hydrogen-bond acceptors (Lipinski definition) is 1. The van der Waals surface area contributed by atoms with Crippen LogP contribution in [0.1, 0.15) is 82.3 Å². The first-order chi connectivity index (χ1) is 14.0. The SMILES string of the molecule is CCCCC1CCC2CC(C3CCc4c(ccc(OC(F)F)c4F)C3)CCC2C1. The van der Waals surface area contributed by atoms with Crippen LogP contribution in [0.5, 0.6) is 5.75 Å². The number of hydrogen-bond donors (Lipinski definition) is 0. The quantitative estimate of drug-likeness (QED) is 0.472. The van der Waals surface area contributed by atoms with Gasteiger partial charge in [-0.3, -0.25) is 0 Å². The van der Waals surface area contributed by atoms with Gasteiger partial charge in [-0.25, -0.2) is 4.39 Å². The van der Waals surface area contributed by atoms with E-state index in [0.29, 0.717) is 17.9 Å². The summed E-state index contributed by atoms with van der Waals surface area (Å²) in [6.07, 6.45) is 14.9. The van der Waals surface area contributed by atoms with Crippen molar-refractivity contribution in [3.8, 4) is 5.75 Å². The van der Waals surface area contributed by atoms with Crippen molar-refractivity contribution in [1.82, 2.24) is 0 Å². The van der Waals surface area contributed by atoms with E-state index < -0.39 is 12.4 Å². The van der Waals surface area contributed by atoms with Crippen molar-refractivity contribution in [1.29, 1.82) is 0 Å². The van der Waals surface area contributed by atoms with Crippen molar-refractivity contribution in [2.75, 3.05) is 0 Å². The summed E-state index contributed by atoms with van der Waals surface area (Å²) in [5.41, 5.74) is 1.61. The molecule has 3 aliphatic rings. The van der Waals surface area contributed by atoms with E-state index >= 15 is 0 Å². The predicted octanol–water partition coefficient (Wildman–Crippen LogP) is 7.55. The van der Waals surface area contributed by atoms with Gasteiger partial charge in [0.25, 0.3) is 0 Å². The van der Waals surface area contributed by atoms with Crippen molar-refractivity contribution in [2.45, 2.75) is 90.6 Å². The molecule has 0 spiro atoms. The Morgan fingerprint density at radius 3 is 2.45 bits per heavy atom. The van der Waals surface area contributed by atoms with Gasteiger partial charge in [-0.1, -0.05) is 38.7 Å². The molecule has 4 rings (SSSR count). The van der Waals surface area contributed by atoms with Gasteiger partial charge in [-0.2, -0.15) is 8.78 Å². The molecule has 1 aromatic rings. The molecule has 0 amide bonds. The Kier molecular flexibility index (Phi) is 6.76. The van der Waals surface area contributed by atoms with E-state index in [-0.39, 0.29) is 5.75 Å². The summed E-state index contributed by atoms with van der Waals surface area (Å²) in [5.74, 6) is 3.27. The van der Waals surface area contributed by atoms with Gasteiger partial charge in [0.05, 0.1) is 0 Å². The highest BCUT2D eigenvalue weighted by Gasteiger charge is 2.38. The number of halogens is 3. The number of unbranched alkanes of at least 4 members (excludes halogenated alkanes) is 1. The van der Waals surface area contributed by atoms with E-state index in [1.165, 1.54) is 63.9 Å². The standard InChI is InChI=1S/C25H35F3O/c1-2-3-4-16-5-6-18-14-19(8-7-17(18)13-16)20-9-11-22-21(15-20)10-12-23(24(22)26)29-25(27)28/h10,12,16-20,25H,2-9,11,13-15H2,1H3. The first kappa shape index (κ1) is 21.1. The van der Waals surface area contributed by atoms with E-state index in [4.69, 9.17) is 0 Å². The molecule has 1 aromatic carbocycles. The highest BCUT2D eigenvalue weighted by molar-refractivity contribution is 5.39. The Labute approximate surface area is 173 Å². The molecule has 0 aliphatic heterocycles. The summed E-state index contributed by atoms with van der Waals surface area (Å²) in [7, 11) is 0. The fourth-order valence-electron chi connectivity index (χ4n) is 6.61. The maximum atomic E-state index is 14.6. The van der Waals surface area contributed by atoms with Crippen LogP contribution < -0.4 is 4.74 Å². The Balaban J connectivity index is 1.35. The van der Waals surface area contributed by atoms with Crippen LogP contribution in [0, 0.1) is 35.4 Å². The van der Waals surface area contributed by atoms with Crippen molar-refractivity contribution >= 4 is 0 Å². The topological polar surface area (TPSA) is 9.23 Å². The third kappa shape index (κ3) is 4.77. The average molecular weight is 409 g/mol. The van der Waals surface area contributed by atoms with Crippen LogP contribution in [0.3, 0.4) is 0 Å². The van der Waals surface area contributed by atoms with Gasteiger partial charge in [0.15, 0.2) is 11.6 Å². The molecule has 0 N–H and O–H groups in total. The van der Waals surface area contributed by atoms with Crippen LogP contribution in [0.2, 0.25) is 0 Å². The lowest BCUT2D eigenvalue weighted by molar-refractivity contribution is -0.0523. The number of benzene rings is 1. The maximum absolute atomic E-state index is 14.6. The van der Waals surface area contributed by atoms with E-state index in [1.807, 2.05) is 6.07 Å². The molecule has 5 atom stereocenters. The zero-order valence-corrected chi connectivity index (χ0v) is 17.6. The van der Waals surface area contributed by atoms with Crippen LogP contribution in [0.15, 0.2) is 12.1 Å². The molecular formula is C25H35F3O. The molecule has 162 valence electrons. The fraction of sp³-hybridized carbons (Fsp3) is 0.760. The summed E-state index contributed by atoms with van der Waals surface area (Å²) in [5, 5.41) is 0. The van der Waals surface area contributed by atoms with Crippen LogP contribution in [0.4, 0.5) is 13.2 Å². The molecule has 0 heterocycles. The Morgan fingerprint density at radius 1 is 0.966 bits per heavy atom. The summed E-state index contributed by atoms with van der Waals surface area (Å²) < 4.78 is 43.8. The van der Waals surface area contributed by atoms with Gasteiger partial charge in [0, 0.05) is 0 Å². The molecule has 29 heavy (non-hydrogen) atoms. The zero-order chi connectivity index (χ0) is 20.4. The van der Waals surface area contributed by atoms with Crippen molar-refractivity contribution in [3.63, 3.8) is 0 Å². The molecule has 0 aromatic heterocycles. The van der Waals surface area contributed by atoms with Gasteiger partial charge in [-0.15, -0.1) is 0 Å². The Morgan fingerprint density at radius 2 is 1.69 bits per heavy atom. The minimum Gasteiger partial charge on any atom is -0.432 e. The molecule has 2 saturated carbocycles. The van der Waals surface area contributed by atoms with Gasteiger partial charge in [-0.05, 0) is 98.1 Å². The normalized spacial score (nSPS) is 32.0. The highest BCUT2D eigenvalue weighted by atomic mass is 19.3. The third-order valence-corrected chi connectivity index (χ3v) is 8.16. The number of rotatable bonds is 6. The van der Waals surface area contributed by atoms with Crippen molar-refractivity contribution < 1.29 is 17.9 Å². The van der Waals surface area contributed by atoms with Gasteiger partial charge >= 0.3 is 6.61 Å². The van der Waals surface area contributed by atoms with Crippen LogP contribution in [-0.2, 0) is 12.8 Å². The van der Waals surface area contributed by atoms with Gasteiger partial charge in [0.2, 0.25) is 0 Å². The van der Waals surface area contributed by atoms with Crippen LogP contribution >= 0.6 is 0 Å². The molecule has 0 saturated heterocycles. The number of fused-ring (bicyclic) bond motifs is 2. The lowest BCUT2D eigenvalue weighted by Gasteiger charge is -2.45. The number of alkyl halides is 2. The van der Waals surface area contributed by atoms with Gasteiger partial charge < -0.3 is 4.74 Å². The minimum absolute atomic E-state index is 0.308. The third-order valence-electron chi connectivity index (χ3n) is 8.16. The van der Waals surface area contributed by atoms with E-state index in [9.17, 15) is 13.2 Å². The van der Waals surface area contributed by atoms with Crippen molar-refractivity contribution in [3.05, 3.63) is 29.1 Å². The first-order valence-electron chi connectivity index (χ1n) is 11.8. The smallest absolute Gasteiger partial charge is 0.387 e. The zero-order valence-electron chi connectivity index (χ0n) is 17.6. The Hall–Kier alpha value is -1.19. The summed E-state index contributed by atoms with van der Waals surface area (Å²) in [6, 6.07) is 3.20. The summed E-state index contributed by atoms with van der Waals surface area (Å²) in [4.78, 5) is 0. The molecule has 2 fully saturated rings. The maximum Gasteiger partial charge on any atom is 0.387 e. The van der Waals surface area contributed by atoms with Crippen LogP contribution in [0.25, 0.3) is 0 Å². The lowest BCUT2D eigenvalue weighted by Crippen LogP contribution is -2.35. The fourth-order valence-corrected chi connectivity index (χ4v) is 6.61. The summed E-state index contributed by atoms with van der Waals surface area (Å²) in [6.45, 7) is -0.691. The number of ether oxygens (including phenoxy) is 1. The Bertz CT molecular complexity index is 689. The highest BCUT2D eigenvalue weighted by Crippen LogP contribution is 2.49. The second kappa shape index (κ2) is 9.31. The molecular weight excluding hydrogens is 373 g/mol. The summed E-state index contributed by atoms with van der Waals surface area (Å²) >= 11 is 0. The predicted molar refractivity (Wildman–Crippen MR) is 110 cm³/mol. The second-order valence-electron chi connectivity index (χ2n) is 9.81. The molecule has 5 unspecified atom stereocenters. The van der Waals surface area contributed by atoms with E-state index in [2.05, 4.69) is 11.7 Å². The molecule has 3 aliphatic carbocycles. The first-order valence-corrected chi connectivity index (χ1v) is 11.8. The van der Waals surface area contributed by atoms with E-state index in [0.717, 1.165) is 42.1 Å². The van der Waals surface area contributed by atoms with Crippen LogP contribution in [-0.4, -0.2) is 6.61 Å². The largest absolute Gasteiger partial charge is 0.432 e.